The third kappa shape index (κ3) is 4.42. The van der Waals surface area contributed by atoms with Gasteiger partial charge < -0.3 is 5.11 Å². The Morgan fingerprint density at radius 3 is 1.96 bits per heavy atom. The van der Waals surface area contributed by atoms with E-state index in [1.165, 1.54) is 17.2 Å². The zero-order valence-corrected chi connectivity index (χ0v) is 15.3. The SMILES string of the molecule is CCC(=C(c1ccccc1)c1ccccc1C=CC(=O)O)c1ccccc1. The maximum atomic E-state index is 11.0. The molecule has 0 aromatic heterocycles. The van der Waals surface area contributed by atoms with Crippen molar-refractivity contribution in [1.29, 1.82) is 0 Å². The zero-order chi connectivity index (χ0) is 19.1. The minimum absolute atomic E-state index is 0.866. The molecule has 0 radical (unpaired) electrons. The van der Waals surface area contributed by atoms with Gasteiger partial charge in [0.1, 0.15) is 0 Å². The standard InChI is InChI=1S/C25H22O2/c1-2-22(19-11-5-3-6-12-19)25(21-14-7-4-8-15-21)23-16-10-9-13-20(23)17-18-24(26)27/h3-18H,2H2,1H3,(H,26,27). The van der Waals surface area contributed by atoms with Crippen molar-refractivity contribution in [2.24, 2.45) is 0 Å². The topological polar surface area (TPSA) is 37.3 Å². The predicted molar refractivity (Wildman–Crippen MR) is 112 cm³/mol. The minimum atomic E-state index is -0.950. The maximum Gasteiger partial charge on any atom is 0.328 e. The largest absolute Gasteiger partial charge is 0.478 e. The van der Waals surface area contributed by atoms with E-state index in [2.05, 4.69) is 37.3 Å². The van der Waals surface area contributed by atoms with Crippen molar-refractivity contribution in [2.75, 3.05) is 0 Å². The molecule has 27 heavy (non-hydrogen) atoms. The van der Waals surface area contributed by atoms with Crippen molar-refractivity contribution in [3.8, 4) is 0 Å². The smallest absolute Gasteiger partial charge is 0.328 e. The second-order valence-electron chi connectivity index (χ2n) is 6.20. The van der Waals surface area contributed by atoms with Crippen LogP contribution in [0.2, 0.25) is 0 Å². The minimum Gasteiger partial charge on any atom is -0.478 e. The molecule has 0 unspecified atom stereocenters. The van der Waals surface area contributed by atoms with Crippen LogP contribution in [0.15, 0.2) is 91.0 Å². The van der Waals surface area contributed by atoms with E-state index in [0.717, 1.165) is 28.7 Å². The van der Waals surface area contributed by atoms with Crippen LogP contribution in [0.4, 0.5) is 0 Å². The molecule has 2 heteroatoms. The normalized spacial score (nSPS) is 12.0. The summed E-state index contributed by atoms with van der Waals surface area (Å²) < 4.78 is 0. The summed E-state index contributed by atoms with van der Waals surface area (Å²) in [7, 11) is 0. The van der Waals surface area contributed by atoms with E-state index < -0.39 is 5.97 Å². The van der Waals surface area contributed by atoms with Gasteiger partial charge in [0.05, 0.1) is 0 Å². The summed E-state index contributed by atoms with van der Waals surface area (Å²) in [4.78, 5) is 11.0. The summed E-state index contributed by atoms with van der Waals surface area (Å²) in [5.74, 6) is -0.950. The Morgan fingerprint density at radius 2 is 1.37 bits per heavy atom. The fraction of sp³-hybridized carbons (Fsp3) is 0.0800. The van der Waals surface area contributed by atoms with Crippen LogP contribution in [0.1, 0.15) is 35.6 Å². The van der Waals surface area contributed by atoms with Crippen molar-refractivity contribution in [2.45, 2.75) is 13.3 Å². The number of carboxylic acids is 1. The fourth-order valence-corrected chi connectivity index (χ4v) is 3.29. The molecule has 3 aromatic carbocycles. The van der Waals surface area contributed by atoms with Gasteiger partial charge in [0.2, 0.25) is 0 Å². The molecule has 0 aliphatic carbocycles. The van der Waals surface area contributed by atoms with Gasteiger partial charge in [-0.05, 0) is 45.9 Å². The lowest BCUT2D eigenvalue weighted by Crippen LogP contribution is -1.97. The molecule has 0 spiro atoms. The number of hydrogen-bond acceptors (Lipinski definition) is 1. The average Bonchev–Trinajstić information content (AvgIpc) is 2.72. The van der Waals surface area contributed by atoms with Crippen LogP contribution < -0.4 is 0 Å². The number of rotatable bonds is 6. The number of benzene rings is 3. The van der Waals surface area contributed by atoms with Gasteiger partial charge in [0, 0.05) is 6.08 Å². The van der Waals surface area contributed by atoms with Gasteiger partial charge in [-0.2, -0.15) is 0 Å². The first kappa shape index (κ1) is 18.4. The molecule has 0 saturated carbocycles. The Morgan fingerprint density at radius 1 is 0.815 bits per heavy atom. The number of carbonyl (C=O) groups is 1. The van der Waals surface area contributed by atoms with E-state index in [9.17, 15) is 4.79 Å². The van der Waals surface area contributed by atoms with Crippen molar-refractivity contribution in [1.82, 2.24) is 0 Å². The third-order valence-electron chi connectivity index (χ3n) is 4.48. The highest BCUT2D eigenvalue weighted by molar-refractivity contribution is 6.01. The van der Waals surface area contributed by atoms with Gasteiger partial charge in [-0.15, -0.1) is 0 Å². The summed E-state index contributed by atoms with van der Waals surface area (Å²) in [6.07, 6.45) is 3.72. The molecular weight excluding hydrogens is 332 g/mol. The van der Waals surface area contributed by atoms with E-state index in [0.29, 0.717) is 0 Å². The van der Waals surface area contributed by atoms with Gasteiger partial charge in [0.25, 0.3) is 0 Å². The Bertz CT molecular complexity index is 967. The van der Waals surface area contributed by atoms with Crippen LogP contribution in [0.25, 0.3) is 17.2 Å². The molecule has 134 valence electrons. The predicted octanol–water partition coefficient (Wildman–Crippen LogP) is 6.15. The lowest BCUT2D eigenvalue weighted by molar-refractivity contribution is -0.131. The number of hydrogen-bond donors (Lipinski definition) is 1. The Labute approximate surface area is 160 Å². The first-order chi connectivity index (χ1) is 13.2. The second kappa shape index (κ2) is 8.81. The van der Waals surface area contributed by atoms with E-state index in [-0.39, 0.29) is 0 Å². The monoisotopic (exact) mass is 354 g/mol. The summed E-state index contributed by atoms with van der Waals surface area (Å²) >= 11 is 0. The number of aliphatic carboxylic acids is 1. The number of carboxylic acid groups (broad SMARTS) is 1. The van der Waals surface area contributed by atoms with Gasteiger partial charge in [-0.25, -0.2) is 4.79 Å². The van der Waals surface area contributed by atoms with Crippen molar-refractivity contribution in [3.05, 3.63) is 113 Å². The van der Waals surface area contributed by atoms with Crippen LogP contribution >= 0.6 is 0 Å². The highest BCUT2D eigenvalue weighted by atomic mass is 16.4. The third-order valence-corrected chi connectivity index (χ3v) is 4.48. The fourth-order valence-electron chi connectivity index (χ4n) is 3.29. The molecule has 0 aliphatic rings. The molecule has 0 heterocycles. The first-order valence-corrected chi connectivity index (χ1v) is 9.05. The summed E-state index contributed by atoms with van der Waals surface area (Å²) in [6.45, 7) is 2.15. The molecule has 0 amide bonds. The Hall–Kier alpha value is -3.39. The first-order valence-electron chi connectivity index (χ1n) is 9.05. The van der Waals surface area contributed by atoms with Gasteiger partial charge >= 0.3 is 5.97 Å². The Kier molecular flexibility index (Phi) is 6.01. The van der Waals surface area contributed by atoms with Crippen LogP contribution in [0.5, 0.6) is 0 Å². The second-order valence-corrected chi connectivity index (χ2v) is 6.20. The van der Waals surface area contributed by atoms with Crippen LogP contribution in [-0.2, 0) is 4.79 Å². The number of allylic oxidation sites excluding steroid dienone is 1. The van der Waals surface area contributed by atoms with Crippen molar-refractivity contribution in [3.63, 3.8) is 0 Å². The summed E-state index contributed by atoms with van der Waals surface area (Å²) in [5.41, 5.74) is 6.58. The van der Waals surface area contributed by atoms with Crippen molar-refractivity contribution >= 4 is 23.2 Å². The van der Waals surface area contributed by atoms with Crippen molar-refractivity contribution < 1.29 is 9.90 Å². The molecule has 2 nitrogen and oxygen atoms in total. The van der Waals surface area contributed by atoms with Crippen LogP contribution in [0, 0.1) is 0 Å². The molecule has 0 bridgehead atoms. The molecule has 3 rings (SSSR count). The van der Waals surface area contributed by atoms with Gasteiger partial charge in [0.15, 0.2) is 0 Å². The maximum absolute atomic E-state index is 11.0. The molecular formula is C25H22O2. The van der Waals surface area contributed by atoms with E-state index in [1.54, 1.807) is 6.08 Å². The van der Waals surface area contributed by atoms with Gasteiger partial charge in [-0.1, -0.05) is 91.9 Å². The van der Waals surface area contributed by atoms with E-state index >= 15 is 0 Å². The van der Waals surface area contributed by atoms with Gasteiger partial charge in [-0.3, -0.25) is 0 Å². The lowest BCUT2D eigenvalue weighted by Gasteiger charge is -2.18. The molecule has 0 aliphatic heterocycles. The molecule has 0 saturated heterocycles. The zero-order valence-electron chi connectivity index (χ0n) is 15.3. The lowest BCUT2D eigenvalue weighted by atomic mass is 9.86. The molecule has 1 N–H and O–H groups in total. The highest BCUT2D eigenvalue weighted by Crippen LogP contribution is 2.36. The molecule has 3 aromatic rings. The molecule has 0 atom stereocenters. The van der Waals surface area contributed by atoms with Crippen LogP contribution in [0.3, 0.4) is 0 Å². The average molecular weight is 354 g/mol. The summed E-state index contributed by atoms with van der Waals surface area (Å²) in [5, 5.41) is 9.06. The Balaban J connectivity index is 2.30. The highest BCUT2D eigenvalue weighted by Gasteiger charge is 2.14. The summed E-state index contributed by atoms with van der Waals surface area (Å²) in [6, 6.07) is 28.6. The quantitative estimate of drug-likeness (QED) is 0.425. The molecule has 0 fully saturated rings. The van der Waals surface area contributed by atoms with Crippen LogP contribution in [-0.4, -0.2) is 11.1 Å². The van der Waals surface area contributed by atoms with E-state index in [4.69, 9.17) is 5.11 Å². The van der Waals surface area contributed by atoms with E-state index in [1.807, 2.05) is 54.6 Å².